The van der Waals surface area contributed by atoms with E-state index >= 15 is 0 Å². The third kappa shape index (κ3) is 2.73. The van der Waals surface area contributed by atoms with Crippen LogP contribution in [0.1, 0.15) is 25.3 Å². The first-order chi connectivity index (χ1) is 7.49. The van der Waals surface area contributed by atoms with Crippen molar-refractivity contribution >= 4 is 11.6 Å². The average Bonchev–Trinajstić information content (AvgIpc) is 3.02. The summed E-state index contributed by atoms with van der Waals surface area (Å²) in [5.41, 5.74) is -0.704. The van der Waals surface area contributed by atoms with E-state index in [9.17, 15) is 9.50 Å². The molecule has 1 aromatic carbocycles. The maximum absolute atomic E-state index is 13.1. The molecular weight excluding hydrogens is 229 g/mol. The summed E-state index contributed by atoms with van der Waals surface area (Å²) in [7, 11) is 0. The van der Waals surface area contributed by atoms with Gasteiger partial charge in [-0.1, -0.05) is 11.6 Å². The molecule has 0 amide bonds. The number of rotatable bonds is 4. The van der Waals surface area contributed by atoms with Gasteiger partial charge in [0.2, 0.25) is 0 Å². The Balaban J connectivity index is 2.15. The first kappa shape index (κ1) is 11.8. The van der Waals surface area contributed by atoms with E-state index in [-0.39, 0.29) is 5.82 Å². The molecule has 0 aliphatic heterocycles. The zero-order chi connectivity index (χ0) is 11.8. The highest BCUT2D eigenvalue weighted by molar-refractivity contribution is 6.31. The van der Waals surface area contributed by atoms with Gasteiger partial charge in [-0.25, -0.2) is 4.39 Å². The normalized spacial score (nSPS) is 19.5. The Morgan fingerprint density at radius 1 is 1.56 bits per heavy atom. The van der Waals surface area contributed by atoms with Crippen LogP contribution >= 0.6 is 11.6 Å². The second kappa shape index (κ2) is 4.32. The fraction of sp³-hybridized carbons (Fsp3) is 0.500. The molecule has 1 aromatic rings. The lowest BCUT2D eigenvalue weighted by Crippen LogP contribution is -2.36. The maximum Gasteiger partial charge on any atom is 0.123 e. The van der Waals surface area contributed by atoms with E-state index in [1.54, 1.807) is 6.92 Å². The summed E-state index contributed by atoms with van der Waals surface area (Å²) in [6.45, 7) is 2.03. The highest BCUT2D eigenvalue weighted by Gasteiger charge is 2.29. The van der Waals surface area contributed by atoms with E-state index in [1.807, 2.05) is 0 Å². The van der Waals surface area contributed by atoms with Crippen LogP contribution in [0, 0.1) is 5.82 Å². The van der Waals surface area contributed by atoms with Crippen molar-refractivity contribution in [2.24, 2.45) is 0 Å². The molecule has 1 aliphatic rings. The molecule has 0 saturated heterocycles. The molecule has 4 heteroatoms. The second-order valence-corrected chi connectivity index (χ2v) is 4.96. The molecule has 1 atom stereocenters. The lowest BCUT2D eigenvalue weighted by molar-refractivity contribution is 0.0564. The minimum atomic E-state index is -1.14. The number of hydrogen-bond donors (Lipinski definition) is 2. The van der Waals surface area contributed by atoms with Crippen LogP contribution in [0.3, 0.4) is 0 Å². The van der Waals surface area contributed by atoms with Gasteiger partial charge in [0.05, 0.1) is 0 Å². The van der Waals surface area contributed by atoms with Crippen LogP contribution < -0.4 is 5.32 Å². The van der Waals surface area contributed by atoms with E-state index in [1.165, 1.54) is 18.2 Å². The van der Waals surface area contributed by atoms with Crippen LogP contribution in [0.5, 0.6) is 0 Å². The summed E-state index contributed by atoms with van der Waals surface area (Å²) < 4.78 is 13.1. The number of halogens is 2. The van der Waals surface area contributed by atoms with Crippen LogP contribution in [0.4, 0.5) is 4.39 Å². The molecule has 0 bridgehead atoms. The van der Waals surface area contributed by atoms with Gasteiger partial charge in [0.15, 0.2) is 0 Å². The minimum Gasteiger partial charge on any atom is -0.384 e. The van der Waals surface area contributed by atoms with Crippen molar-refractivity contribution in [1.29, 1.82) is 0 Å². The Morgan fingerprint density at radius 3 is 2.88 bits per heavy atom. The van der Waals surface area contributed by atoms with E-state index in [2.05, 4.69) is 5.32 Å². The van der Waals surface area contributed by atoms with Gasteiger partial charge in [0.1, 0.15) is 11.4 Å². The summed E-state index contributed by atoms with van der Waals surface area (Å²) in [5, 5.41) is 13.9. The zero-order valence-corrected chi connectivity index (χ0v) is 9.89. The molecule has 1 fully saturated rings. The van der Waals surface area contributed by atoms with Crippen molar-refractivity contribution < 1.29 is 9.50 Å². The van der Waals surface area contributed by atoms with E-state index in [0.29, 0.717) is 23.2 Å². The molecule has 1 saturated carbocycles. The minimum absolute atomic E-state index is 0.383. The van der Waals surface area contributed by atoms with Gasteiger partial charge >= 0.3 is 0 Å². The molecule has 16 heavy (non-hydrogen) atoms. The molecule has 2 N–H and O–H groups in total. The predicted octanol–water partition coefficient (Wildman–Crippen LogP) is 2.44. The summed E-state index contributed by atoms with van der Waals surface area (Å²) in [4.78, 5) is 0. The molecule has 2 rings (SSSR count). The largest absolute Gasteiger partial charge is 0.384 e. The molecule has 0 heterocycles. The van der Waals surface area contributed by atoms with E-state index in [0.717, 1.165) is 12.8 Å². The van der Waals surface area contributed by atoms with Gasteiger partial charge in [-0.2, -0.15) is 0 Å². The lowest BCUT2D eigenvalue weighted by Gasteiger charge is -2.25. The topological polar surface area (TPSA) is 32.3 Å². The summed E-state index contributed by atoms with van der Waals surface area (Å²) in [5.74, 6) is -0.383. The highest BCUT2D eigenvalue weighted by Crippen LogP contribution is 2.29. The van der Waals surface area contributed by atoms with Crippen LogP contribution in [0.2, 0.25) is 5.02 Å². The van der Waals surface area contributed by atoms with Crippen LogP contribution in [-0.2, 0) is 5.60 Å². The molecule has 0 radical (unpaired) electrons. The molecule has 0 aromatic heterocycles. The van der Waals surface area contributed by atoms with Crippen LogP contribution in [0.25, 0.3) is 0 Å². The smallest absolute Gasteiger partial charge is 0.123 e. The molecule has 0 spiro atoms. The number of aliphatic hydroxyl groups is 1. The van der Waals surface area contributed by atoms with Gasteiger partial charge in [-0.3, -0.25) is 0 Å². The Hall–Kier alpha value is -0.640. The third-order valence-electron chi connectivity index (χ3n) is 2.82. The third-order valence-corrected chi connectivity index (χ3v) is 3.15. The van der Waals surface area contributed by atoms with E-state index in [4.69, 9.17) is 11.6 Å². The Labute approximate surface area is 99.4 Å². The summed E-state index contributed by atoms with van der Waals surface area (Å²) in [6.07, 6.45) is 2.29. The van der Waals surface area contributed by atoms with Crippen LogP contribution in [0.15, 0.2) is 18.2 Å². The van der Waals surface area contributed by atoms with Crippen LogP contribution in [-0.4, -0.2) is 17.7 Å². The summed E-state index contributed by atoms with van der Waals surface area (Å²) in [6, 6.07) is 4.55. The van der Waals surface area contributed by atoms with Gasteiger partial charge in [-0.05, 0) is 38.0 Å². The Bertz CT molecular complexity index is 391. The van der Waals surface area contributed by atoms with Gasteiger partial charge in [-0.15, -0.1) is 0 Å². The SMILES string of the molecule is CC(O)(CNC1CC1)c1cc(F)ccc1Cl. The van der Waals surface area contributed by atoms with Crippen molar-refractivity contribution in [2.75, 3.05) is 6.54 Å². The molecular formula is C12H15ClFNO. The Kier molecular flexibility index (Phi) is 3.19. The first-order valence-corrected chi connectivity index (χ1v) is 5.78. The van der Waals surface area contributed by atoms with Gasteiger partial charge < -0.3 is 10.4 Å². The maximum atomic E-state index is 13.1. The Morgan fingerprint density at radius 2 is 2.25 bits per heavy atom. The van der Waals surface area contributed by atoms with Crippen molar-refractivity contribution in [3.63, 3.8) is 0 Å². The molecule has 88 valence electrons. The zero-order valence-electron chi connectivity index (χ0n) is 9.13. The van der Waals surface area contributed by atoms with E-state index < -0.39 is 5.60 Å². The quantitative estimate of drug-likeness (QED) is 0.852. The van der Waals surface area contributed by atoms with Crippen molar-refractivity contribution in [3.05, 3.63) is 34.6 Å². The fourth-order valence-corrected chi connectivity index (χ4v) is 1.96. The molecule has 1 unspecified atom stereocenters. The fourth-order valence-electron chi connectivity index (χ4n) is 1.64. The standard InChI is InChI=1S/C12H15ClFNO/c1-12(16,7-15-9-3-4-9)10-6-8(14)2-5-11(10)13/h2,5-6,9,15-16H,3-4,7H2,1H3. The second-order valence-electron chi connectivity index (χ2n) is 4.55. The predicted molar refractivity (Wildman–Crippen MR) is 62.0 cm³/mol. The average molecular weight is 244 g/mol. The lowest BCUT2D eigenvalue weighted by atomic mass is 9.95. The monoisotopic (exact) mass is 243 g/mol. The summed E-state index contributed by atoms with van der Waals surface area (Å²) >= 11 is 5.96. The van der Waals surface area contributed by atoms with Crippen molar-refractivity contribution in [2.45, 2.75) is 31.4 Å². The number of hydrogen-bond acceptors (Lipinski definition) is 2. The molecule has 1 aliphatic carbocycles. The van der Waals surface area contributed by atoms with Gasteiger partial charge in [0.25, 0.3) is 0 Å². The van der Waals surface area contributed by atoms with Gasteiger partial charge in [0, 0.05) is 23.2 Å². The first-order valence-electron chi connectivity index (χ1n) is 5.40. The van der Waals surface area contributed by atoms with Crippen molar-refractivity contribution in [3.8, 4) is 0 Å². The van der Waals surface area contributed by atoms with Crippen molar-refractivity contribution in [1.82, 2.24) is 5.32 Å². The number of benzene rings is 1. The highest BCUT2D eigenvalue weighted by atomic mass is 35.5. The number of nitrogens with one attached hydrogen (secondary N) is 1. The molecule has 2 nitrogen and oxygen atoms in total.